The van der Waals surface area contributed by atoms with E-state index in [1.54, 1.807) is 6.20 Å². The van der Waals surface area contributed by atoms with Crippen LogP contribution in [0.5, 0.6) is 5.88 Å². The van der Waals surface area contributed by atoms with Crippen LogP contribution in [-0.2, 0) is 13.0 Å². The van der Waals surface area contributed by atoms with Crippen LogP contribution >= 0.6 is 0 Å². The smallest absolute Gasteiger partial charge is 0.218 e. The lowest BCUT2D eigenvalue weighted by Crippen LogP contribution is -2.12. The van der Waals surface area contributed by atoms with Crippen molar-refractivity contribution in [2.24, 2.45) is 0 Å². The molecule has 6 heteroatoms. The van der Waals surface area contributed by atoms with Crippen molar-refractivity contribution in [3.63, 3.8) is 0 Å². The molecule has 0 radical (unpaired) electrons. The Kier molecular flexibility index (Phi) is 5.03. The molecule has 0 bridgehead atoms. The number of aromatic nitrogens is 3. The number of ether oxygens (including phenoxy) is 1. The molecule has 0 aliphatic rings. The molecule has 112 valence electrons. The molecule has 0 aliphatic heterocycles. The highest BCUT2D eigenvalue weighted by atomic mass is 19.1. The van der Waals surface area contributed by atoms with Gasteiger partial charge in [-0.3, -0.25) is 0 Å². The van der Waals surface area contributed by atoms with Crippen molar-refractivity contribution in [3.05, 3.63) is 41.7 Å². The van der Waals surface area contributed by atoms with Gasteiger partial charge in [-0.25, -0.2) is 19.3 Å². The van der Waals surface area contributed by atoms with Crippen LogP contribution in [-0.4, -0.2) is 21.1 Å². The number of hydrogen-bond acceptors (Lipinski definition) is 5. The number of hydrogen-bond donors (Lipinski definition) is 1. The van der Waals surface area contributed by atoms with Crippen molar-refractivity contribution in [2.75, 3.05) is 5.32 Å². The van der Waals surface area contributed by atoms with Crippen molar-refractivity contribution in [3.8, 4) is 5.88 Å². The summed E-state index contributed by atoms with van der Waals surface area (Å²) in [6, 6.07) is 3.70. The quantitative estimate of drug-likeness (QED) is 0.886. The third-order valence-electron chi connectivity index (χ3n) is 2.84. The van der Waals surface area contributed by atoms with Gasteiger partial charge in [0.1, 0.15) is 6.33 Å². The number of pyridine rings is 1. The molecule has 0 fully saturated rings. The lowest BCUT2D eigenvalue weighted by Gasteiger charge is -2.14. The van der Waals surface area contributed by atoms with Crippen LogP contribution in [0.3, 0.4) is 0 Å². The first-order valence-corrected chi connectivity index (χ1v) is 6.95. The zero-order valence-electron chi connectivity index (χ0n) is 12.4. The highest BCUT2D eigenvalue weighted by Gasteiger charge is 2.11. The Morgan fingerprint density at radius 1 is 1.29 bits per heavy atom. The molecule has 5 nitrogen and oxygen atoms in total. The SMILES string of the molecule is CCc1ncnc(NCc2cccnc2OC(C)C)c1F. The molecule has 2 aromatic rings. The van der Waals surface area contributed by atoms with E-state index in [1.807, 2.05) is 32.9 Å². The van der Waals surface area contributed by atoms with Crippen LogP contribution in [0.2, 0.25) is 0 Å². The normalized spacial score (nSPS) is 10.7. The molecule has 0 saturated carbocycles. The van der Waals surface area contributed by atoms with Gasteiger partial charge in [-0.1, -0.05) is 13.0 Å². The maximum Gasteiger partial charge on any atom is 0.218 e. The van der Waals surface area contributed by atoms with E-state index in [9.17, 15) is 4.39 Å². The van der Waals surface area contributed by atoms with Crippen LogP contribution in [0.4, 0.5) is 10.2 Å². The first-order valence-electron chi connectivity index (χ1n) is 6.95. The molecule has 1 N–H and O–H groups in total. The van der Waals surface area contributed by atoms with Crippen molar-refractivity contribution < 1.29 is 9.13 Å². The Morgan fingerprint density at radius 3 is 2.81 bits per heavy atom. The van der Waals surface area contributed by atoms with Crippen molar-refractivity contribution in [1.82, 2.24) is 15.0 Å². The Labute approximate surface area is 123 Å². The van der Waals surface area contributed by atoms with Crippen molar-refractivity contribution in [2.45, 2.75) is 39.8 Å². The van der Waals surface area contributed by atoms with E-state index in [4.69, 9.17) is 4.74 Å². The Morgan fingerprint density at radius 2 is 2.10 bits per heavy atom. The fourth-order valence-electron chi connectivity index (χ4n) is 1.84. The number of nitrogens with zero attached hydrogens (tertiary/aromatic N) is 3. The van der Waals surface area contributed by atoms with Gasteiger partial charge in [0.15, 0.2) is 11.6 Å². The van der Waals surface area contributed by atoms with Crippen LogP contribution in [0.25, 0.3) is 0 Å². The number of aryl methyl sites for hydroxylation is 1. The van der Waals surface area contributed by atoms with Crippen molar-refractivity contribution in [1.29, 1.82) is 0 Å². The second-order valence-corrected chi connectivity index (χ2v) is 4.82. The van der Waals surface area contributed by atoms with E-state index >= 15 is 0 Å². The largest absolute Gasteiger partial charge is 0.475 e. The van der Waals surface area contributed by atoms with Crippen LogP contribution in [0.15, 0.2) is 24.7 Å². The van der Waals surface area contributed by atoms with Crippen LogP contribution in [0, 0.1) is 5.82 Å². The van der Waals surface area contributed by atoms with Gasteiger partial charge < -0.3 is 10.1 Å². The fourth-order valence-corrected chi connectivity index (χ4v) is 1.84. The van der Waals surface area contributed by atoms with Gasteiger partial charge in [-0.15, -0.1) is 0 Å². The molecule has 0 atom stereocenters. The van der Waals surface area contributed by atoms with E-state index in [2.05, 4.69) is 20.3 Å². The number of halogens is 1. The Bertz CT molecular complexity index is 604. The Balaban J connectivity index is 2.13. The highest BCUT2D eigenvalue weighted by Crippen LogP contribution is 2.19. The van der Waals surface area contributed by atoms with E-state index in [1.165, 1.54) is 6.33 Å². The third kappa shape index (κ3) is 3.87. The molecule has 0 unspecified atom stereocenters. The minimum Gasteiger partial charge on any atom is -0.475 e. The maximum absolute atomic E-state index is 14.1. The third-order valence-corrected chi connectivity index (χ3v) is 2.84. The molecule has 0 amide bonds. The minimum absolute atomic E-state index is 0.0288. The molecule has 0 spiro atoms. The second kappa shape index (κ2) is 6.97. The highest BCUT2D eigenvalue weighted by molar-refractivity contribution is 5.39. The van der Waals surface area contributed by atoms with Gasteiger partial charge in [0.25, 0.3) is 0 Å². The summed E-state index contributed by atoms with van der Waals surface area (Å²) in [5.41, 5.74) is 1.25. The topological polar surface area (TPSA) is 59.9 Å². The zero-order chi connectivity index (χ0) is 15.2. The predicted molar refractivity (Wildman–Crippen MR) is 78.7 cm³/mol. The van der Waals surface area contributed by atoms with Gasteiger partial charge in [0, 0.05) is 18.3 Å². The number of nitrogens with one attached hydrogen (secondary N) is 1. The number of rotatable bonds is 6. The van der Waals surface area contributed by atoms with Gasteiger partial charge in [-0.2, -0.15) is 0 Å². The molecular formula is C15H19FN4O. The lowest BCUT2D eigenvalue weighted by atomic mass is 10.2. The first kappa shape index (κ1) is 15.2. The zero-order valence-corrected chi connectivity index (χ0v) is 12.4. The molecule has 0 aromatic carbocycles. The summed E-state index contributed by atoms with van der Waals surface area (Å²) in [4.78, 5) is 12.0. The van der Waals surface area contributed by atoms with Crippen LogP contribution < -0.4 is 10.1 Å². The molecule has 2 heterocycles. The summed E-state index contributed by atoms with van der Waals surface area (Å²) in [5, 5.41) is 2.97. The average Bonchev–Trinajstić information content (AvgIpc) is 2.47. The standard InChI is InChI=1S/C15H19FN4O/c1-4-12-13(16)14(20-9-19-12)18-8-11-6-5-7-17-15(11)21-10(2)3/h5-7,9-10H,4,8H2,1-3H3,(H,18,19,20). The fraction of sp³-hybridized carbons (Fsp3) is 0.400. The van der Waals surface area contributed by atoms with E-state index in [0.29, 0.717) is 24.5 Å². The minimum atomic E-state index is -0.407. The second-order valence-electron chi connectivity index (χ2n) is 4.82. The van der Waals surface area contributed by atoms with Crippen LogP contribution in [0.1, 0.15) is 32.0 Å². The lowest BCUT2D eigenvalue weighted by molar-refractivity contribution is 0.230. The predicted octanol–water partition coefficient (Wildman–Crippen LogP) is 2.97. The monoisotopic (exact) mass is 290 g/mol. The summed E-state index contributed by atoms with van der Waals surface area (Å²) in [7, 11) is 0. The summed E-state index contributed by atoms with van der Waals surface area (Å²) < 4.78 is 19.7. The summed E-state index contributed by atoms with van der Waals surface area (Å²) >= 11 is 0. The van der Waals surface area contributed by atoms with Gasteiger partial charge in [0.05, 0.1) is 11.8 Å². The van der Waals surface area contributed by atoms with Gasteiger partial charge >= 0.3 is 0 Å². The maximum atomic E-state index is 14.1. The van der Waals surface area contributed by atoms with Gasteiger partial charge in [-0.05, 0) is 26.3 Å². The van der Waals surface area contributed by atoms with E-state index in [-0.39, 0.29) is 11.9 Å². The molecule has 21 heavy (non-hydrogen) atoms. The first-order chi connectivity index (χ1) is 10.1. The molecular weight excluding hydrogens is 271 g/mol. The summed E-state index contributed by atoms with van der Waals surface area (Å²) in [5.74, 6) is 0.335. The number of anilines is 1. The van der Waals surface area contributed by atoms with Crippen molar-refractivity contribution >= 4 is 5.82 Å². The Hall–Kier alpha value is -2.24. The molecule has 0 aliphatic carbocycles. The van der Waals surface area contributed by atoms with Gasteiger partial charge in [0.2, 0.25) is 5.88 Å². The van der Waals surface area contributed by atoms with E-state index in [0.717, 1.165) is 5.56 Å². The summed E-state index contributed by atoms with van der Waals surface area (Å²) in [6.45, 7) is 6.10. The summed E-state index contributed by atoms with van der Waals surface area (Å²) in [6.07, 6.45) is 3.58. The molecule has 0 saturated heterocycles. The molecule has 2 aromatic heterocycles. The molecule has 2 rings (SSSR count). The van der Waals surface area contributed by atoms with E-state index < -0.39 is 5.82 Å². The average molecular weight is 290 g/mol.